The van der Waals surface area contributed by atoms with Crippen LogP contribution in [0.4, 0.5) is 0 Å². The van der Waals surface area contributed by atoms with Crippen LogP contribution in [-0.2, 0) is 12.4 Å². The van der Waals surface area contributed by atoms with Crippen LogP contribution in [0.3, 0.4) is 0 Å². The van der Waals surface area contributed by atoms with E-state index in [-0.39, 0.29) is 31.0 Å². The number of nitrogens with one attached hydrogen (secondary N) is 1. The number of aromatic amines is 1. The fraction of sp³-hybridized carbons (Fsp3) is 0.0556. The maximum absolute atomic E-state index is 9.01. The van der Waals surface area contributed by atoms with E-state index >= 15 is 0 Å². The van der Waals surface area contributed by atoms with Crippen molar-refractivity contribution >= 4 is 124 Å². The van der Waals surface area contributed by atoms with Crippen LogP contribution < -0.4 is 29.6 Å². The zero-order valence-electron chi connectivity index (χ0n) is 27.2. The Hall–Kier alpha value is -3.05. The number of aromatic nitrogens is 6. The molecule has 8 aromatic rings. The van der Waals surface area contributed by atoms with Crippen molar-refractivity contribution in [3.63, 3.8) is 0 Å². The second kappa shape index (κ2) is 17.4. The summed E-state index contributed by atoms with van der Waals surface area (Å²) in [5, 5.41) is 23.1. The average molecular weight is 950 g/mol. The molecule has 0 aliphatic heterocycles. The van der Waals surface area contributed by atoms with E-state index in [0.717, 1.165) is 68.4 Å². The van der Waals surface area contributed by atoms with Gasteiger partial charge >= 0.3 is 29.6 Å². The molecule has 6 aromatic heterocycles. The standard InChI is InChI=1S/C18H10ClIN4.C10H7Cl2N.C8H4IN3.Na.H/c19-13-4-12-3-11(1-2-17(12)23-7-13)9-24-10-16(20)15-5-14(6-21)22-8-18(15)24;11-5-7-1-2-10-8(3-7)4-9(12)6-13-10;9-7-3-12-8-4-11-5(2-10)1-6(7)8;;/h1-5,7-8,10H,9H2;1-4,6H,5H2;1,3-4,12H;;/q;;;+1;-1. The third-order valence-electron chi connectivity index (χ3n) is 7.40. The number of nitriles is 2. The number of fused-ring (bicyclic) bond motifs is 4. The summed E-state index contributed by atoms with van der Waals surface area (Å²) in [5.41, 5.74) is 6.99. The summed E-state index contributed by atoms with van der Waals surface area (Å²) in [6.45, 7) is 0.718. The van der Waals surface area contributed by atoms with Gasteiger partial charge in [0.1, 0.15) is 23.5 Å². The number of rotatable bonds is 3. The quantitative estimate of drug-likeness (QED) is 0.111. The molecule has 0 aliphatic carbocycles. The van der Waals surface area contributed by atoms with Gasteiger partial charge in [0.15, 0.2) is 0 Å². The first-order valence-corrected chi connectivity index (χ1v) is 17.9. The summed E-state index contributed by atoms with van der Waals surface area (Å²) in [5.74, 6) is 0.516. The molecule has 242 valence electrons. The molecule has 0 atom stereocenters. The van der Waals surface area contributed by atoms with E-state index in [2.05, 4.69) is 99.1 Å². The fourth-order valence-corrected chi connectivity index (χ4v) is 6.94. The molecule has 0 saturated heterocycles. The van der Waals surface area contributed by atoms with Gasteiger partial charge in [-0.2, -0.15) is 10.5 Å². The molecule has 0 amide bonds. The van der Waals surface area contributed by atoms with Crippen LogP contribution in [0.15, 0.2) is 97.8 Å². The predicted octanol–water partition coefficient (Wildman–Crippen LogP) is 7.55. The number of benzene rings is 2. The van der Waals surface area contributed by atoms with E-state index in [9.17, 15) is 0 Å². The van der Waals surface area contributed by atoms with Crippen molar-refractivity contribution in [3.05, 3.63) is 138 Å². The zero-order chi connectivity index (χ0) is 34.5. The van der Waals surface area contributed by atoms with Gasteiger partial charge in [0.05, 0.1) is 44.5 Å². The van der Waals surface area contributed by atoms with Crippen LogP contribution in [0.2, 0.25) is 10.0 Å². The Balaban J connectivity index is 0.000000184. The maximum atomic E-state index is 9.01. The monoisotopic (exact) mass is 948 g/mol. The van der Waals surface area contributed by atoms with Gasteiger partial charge in [-0.15, -0.1) is 11.6 Å². The third-order valence-corrected chi connectivity index (χ3v) is 9.87. The van der Waals surface area contributed by atoms with E-state index in [1.54, 1.807) is 30.9 Å². The smallest absolute Gasteiger partial charge is 1.00 e. The summed E-state index contributed by atoms with van der Waals surface area (Å²) in [6.07, 6.45) is 10.7. The topological polar surface area (TPSA) is 120 Å². The van der Waals surface area contributed by atoms with Gasteiger partial charge in [-0.25, -0.2) is 9.97 Å². The molecule has 8 nitrogen and oxygen atoms in total. The molecule has 0 unspecified atom stereocenters. The molecule has 0 radical (unpaired) electrons. The van der Waals surface area contributed by atoms with Crippen molar-refractivity contribution in [2.24, 2.45) is 0 Å². The van der Waals surface area contributed by atoms with Crippen molar-refractivity contribution in [1.82, 2.24) is 29.5 Å². The number of H-pyrrole nitrogens is 1. The molecule has 1 N–H and O–H groups in total. The fourth-order valence-electron chi connectivity index (χ4n) is 5.07. The largest absolute Gasteiger partial charge is 1.00 e. The SMILES string of the molecule is ClCc1ccc2ncc(Cl)cc2c1.N#Cc1cc2c(I)c[nH]c2cn1.N#Cc1cc2c(I)cn(Cc3ccc4ncc(Cl)cc4c3)c2cn1.[H-].[Na+]. The van der Waals surface area contributed by atoms with Crippen LogP contribution in [0.5, 0.6) is 0 Å². The van der Waals surface area contributed by atoms with Crippen LogP contribution >= 0.6 is 80.0 Å². The van der Waals surface area contributed by atoms with Crippen LogP contribution in [0, 0.1) is 29.8 Å². The number of alkyl halides is 1. The van der Waals surface area contributed by atoms with Gasteiger partial charge in [-0.1, -0.05) is 35.3 Å². The minimum atomic E-state index is 0. The molecule has 0 spiro atoms. The van der Waals surface area contributed by atoms with E-state index in [1.807, 2.05) is 54.7 Å². The summed E-state index contributed by atoms with van der Waals surface area (Å²) in [6, 6.07) is 23.6. The Kier molecular flexibility index (Phi) is 13.3. The van der Waals surface area contributed by atoms with Gasteiger partial charge in [0, 0.05) is 65.9 Å². The van der Waals surface area contributed by atoms with Crippen LogP contribution in [0.1, 0.15) is 23.9 Å². The van der Waals surface area contributed by atoms with Gasteiger partial charge in [0.25, 0.3) is 0 Å². The third kappa shape index (κ3) is 9.05. The van der Waals surface area contributed by atoms with E-state index in [1.165, 1.54) is 0 Å². The molecule has 0 bridgehead atoms. The summed E-state index contributed by atoms with van der Waals surface area (Å²) in [4.78, 5) is 19.7. The summed E-state index contributed by atoms with van der Waals surface area (Å²) in [7, 11) is 0. The first-order valence-electron chi connectivity index (χ1n) is 14.5. The number of nitrogens with zero attached hydrogens (tertiary/aromatic N) is 7. The normalized spacial score (nSPS) is 10.5. The Labute approximate surface area is 352 Å². The summed E-state index contributed by atoms with van der Waals surface area (Å²) >= 11 is 22.1. The number of pyridine rings is 4. The molecule has 0 aliphatic rings. The molecular weight excluding hydrogens is 928 g/mol. The average Bonchev–Trinajstić information content (AvgIpc) is 3.65. The van der Waals surface area contributed by atoms with Crippen molar-refractivity contribution in [2.45, 2.75) is 12.4 Å². The van der Waals surface area contributed by atoms with Crippen LogP contribution in [-0.4, -0.2) is 29.5 Å². The van der Waals surface area contributed by atoms with E-state index in [0.29, 0.717) is 27.3 Å². The molecule has 0 fully saturated rings. The molecule has 2 aromatic carbocycles. The zero-order valence-corrected chi connectivity index (χ0v) is 34.8. The van der Waals surface area contributed by atoms with Gasteiger partial charge in [-0.3, -0.25) is 9.97 Å². The first-order chi connectivity index (χ1) is 23.7. The molecule has 14 heteroatoms. The minimum Gasteiger partial charge on any atom is -1.00 e. The Morgan fingerprint density at radius 2 is 1.30 bits per heavy atom. The van der Waals surface area contributed by atoms with Crippen molar-refractivity contribution in [3.8, 4) is 12.1 Å². The first kappa shape index (κ1) is 38.2. The number of hydrogen-bond donors (Lipinski definition) is 1. The van der Waals surface area contributed by atoms with Gasteiger partial charge in [0.2, 0.25) is 0 Å². The van der Waals surface area contributed by atoms with Gasteiger partial charge in [-0.05, 0) is 105 Å². The predicted molar refractivity (Wildman–Crippen MR) is 214 cm³/mol. The second-order valence-electron chi connectivity index (χ2n) is 10.7. The molecule has 50 heavy (non-hydrogen) atoms. The van der Waals surface area contributed by atoms with Crippen molar-refractivity contribution in [2.75, 3.05) is 0 Å². The number of halogens is 5. The van der Waals surface area contributed by atoms with Gasteiger partial charge < -0.3 is 11.0 Å². The minimum absolute atomic E-state index is 0. The molecule has 6 heterocycles. The number of hydrogen-bond acceptors (Lipinski definition) is 6. The molecular formula is C36H22Cl3I2N8Na. The van der Waals surface area contributed by atoms with E-state index in [4.69, 9.17) is 45.3 Å². The van der Waals surface area contributed by atoms with Crippen LogP contribution in [0.25, 0.3) is 43.6 Å². The van der Waals surface area contributed by atoms with Crippen molar-refractivity contribution in [1.29, 1.82) is 10.5 Å². The maximum Gasteiger partial charge on any atom is 1.00 e. The van der Waals surface area contributed by atoms with Crippen molar-refractivity contribution < 1.29 is 31.0 Å². The second-order valence-corrected chi connectivity index (χ2v) is 14.1. The summed E-state index contributed by atoms with van der Waals surface area (Å²) < 4.78 is 4.36. The Bertz CT molecular complexity index is 2580. The molecule has 0 saturated carbocycles. The van der Waals surface area contributed by atoms with E-state index < -0.39 is 0 Å². The molecule has 8 rings (SSSR count). The Morgan fingerprint density at radius 1 is 0.720 bits per heavy atom. The Morgan fingerprint density at radius 3 is 1.92 bits per heavy atom.